The predicted octanol–water partition coefficient (Wildman–Crippen LogP) is 2.90. The summed E-state index contributed by atoms with van der Waals surface area (Å²) in [6, 6.07) is 8.65. The molecule has 2 aromatic rings. The first-order valence-electron chi connectivity index (χ1n) is 8.07. The van der Waals surface area contributed by atoms with Gasteiger partial charge < -0.3 is 14.2 Å². The second kappa shape index (κ2) is 6.93. The highest BCUT2D eigenvalue weighted by molar-refractivity contribution is 6.00. The fourth-order valence-corrected chi connectivity index (χ4v) is 2.77. The number of aromatic nitrogens is 1. The van der Waals surface area contributed by atoms with E-state index in [1.807, 2.05) is 19.1 Å². The van der Waals surface area contributed by atoms with Crippen molar-refractivity contribution >= 4 is 11.8 Å². The molecule has 0 radical (unpaired) electrons. The molecule has 0 bridgehead atoms. The molecule has 1 aromatic carbocycles. The van der Waals surface area contributed by atoms with Crippen LogP contribution in [0, 0.1) is 0 Å². The molecule has 1 aliphatic rings. The maximum absolute atomic E-state index is 12.6. The van der Waals surface area contributed by atoms with Gasteiger partial charge in [-0.05, 0) is 38.1 Å². The monoisotopic (exact) mass is 341 g/mol. The van der Waals surface area contributed by atoms with E-state index in [-0.39, 0.29) is 18.8 Å². The Labute approximate surface area is 145 Å². The number of benzene rings is 1. The van der Waals surface area contributed by atoms with Crippen LogP contribution in [0.15, 0.2) is 42.7 Å². The van der Waals surface area contributed by atoms with E-state index in [1.54, 1.807) is 37.5 Å². The molecule has 3 rings (SSSR count). The van der Waals surface area contributed by atoms with Gasteiger partial charge in [0, 0.05) is 18.0 Å². The van der Waals surface area contributed by atoms with Crippen LogP contribution in [-0.2, 0) is 15.1 Å². The number of ether oxygens (including phenoxy) is 3. The maximum Gasteiger partial charge on any atom is 0.344 e. The average Bonchev–Trinajstić information content (AvgIpc) is 2.61. The number of nitrogens with zero attached hydrogens (tertiary/aromatic N) is 1. The minimum atomic E-state index is -0.758. The Morgan fingerprint density at radius 3 is 2.92 bits per heavy atom. The summed E-state index contributed by atoms with van der Waals surface area (Å²) in [4.78, 5) is 28.1. The summed E-state index contributed by atoms with van der Waals surface area (Å²) in [5.41, 5.74) is 0.533. The number of ketones is 1. The number of Topliss-reactive ketones (excluding diaryl/α,β-unsaturated/α-hetero) is 1. The molecule has 1 aromatic heterocycles. The van der Waals surface area contributed by atoms with Gasteiger partial charge >= 0.3 is 5.97 Å². The van der Waals surface area contributed by atoms with Crippen molar-refractivity contribution in [3.63, 3.8) is 0 Å². The van der Waals surface area contributed by atoms with E-state index in [0.717, 1.165) is 5.56 Å². The summed E-state index contributed by atoms with van der Waals surface area (Å²) in [6.07, 6.45) is 3.58. The number of pyridine rings is 1. The zero-order valence-corrected chi connectivity index (χ0v) is 14.2. The first-order chi connectivity index (χ1) is 12.0. The Kier molecular flexibility index (Phi) is 4.70. The molecule has 6 nitrogen and oxygen atoms in total. The van der Waals surface area contributed by atoms with Gasteiger partial charge in [0.1, 0.15) is 17.1 Å². The smallest absolute Gasteiger partial charge is 0.344 e. The fourth-order valence-electron chi connectivity index (χ4n) is 2.77. The second-order valence-corrected chi connectivity index (χ2v) is 5.93. The van der Waals surface area contributed by atoms with Crippen molar-refractivity contribution in [2.24, 2.45) is 0 Å². The third-order valence-corrected chi connectivity index (χ3v) is 4.02. The number of rotatable bonds is 5. The molecular weight excluding hydrogens is 322 g/mol. The maximum atomic E-state index is 12.6. The molecule has 0 aliphatic carbocycles. The highest BCUT2D eigenvalue weighted by Gasteiger charge is 2.38. The Morgan fingerprint density at radius 2 is 2.20 bits per heavy atom. The van der Waals surface area contributed by atoms with Crippen LogP contribution in [0.3, 0.4) is 0 Å². The van der Waals surface area contributed by atoms with E-state index >= 15 is 0 Å². The number of hydrogen-bond donors (Lipinski definition) is 0. The lowest BCUT2D eigenvalue weighted by Gasteiger charge is -2.35. The molecule has 0 saturated carbocycles. The summed E-state index contributed by atoms with van der Waals surface area (Å²) in [6.45, 7) is 3.70. The number of carbonyl (C=O) groups excluding carboxylic acids is 2. The number of esters is 1. The van der Waals surface area contributed by atoms with Crippen molar-refractivity contribution in [1.82, 2.24) is 4.98 Å². The molecule has 1 aliphatic heterocycles. The van der Waals surface area contributed by atoms with Gasteiger partial charge in [-0.25, -0.2) is 4.79 Å². The van der Waals surface area contributed by atoms with Crippen LogP contribution in [-0.4, -0.2) is 30.0 Å². The second-order valence-electron chi connectivity index (χ2n) is 5.93. The van der Waals surface area contributed by atoms with Gasteiger partial charge in [0.25, 0.3) is 0 Å². The summed E-state index contributed by atoms with van der Waals surface area (Å²) < 4.78 is 16.3. The third-order valence-electron chi connectivity index (χ3n) is 4.02. The molecule has 6 heteroatoms. The lowest BCUT2D eigenvalue weighted by Crippen LogP contribution is -2.36. The quantitative estimate of drug-likeness (QED) is 0.779. The van der Waals surface area contributed by atoms with Crippen LogP contribution in [0.1, 0.15) is 36.2 Å². The minimum Gasteiger partial charge on any atom is -0.482 e. The molecule has 0 fully saturated rings. The fraction of sp³-hybridized carbons (Fsp3) is 0.316. The Hall–Kier alpha value is -2.89. The van der Waals surface area contributed by atoms with Crippen LogP contribution in [0.4, 0.5) is 0 Å². The molecule has 0 unspecified atom stereocenters. The molecule has 1 atom stereocenters. The van der Waals surface area contributed by atoms with Gasteiger partial charge in [-0.2, -0.15) is 0 Å². The Balaban J connectivity index is 1.80. The van der Waals surface area contributed by atoms with Gasteiger partial charge in [0.2, 0.25) is 0 Å². The number of fused-ring (bicyclic) bond motifs is 1. The van der Waals surface area contributed by atoms with Crippen LogP contribution in [0.2, 0.25) is 0 Å². The van der Waals surface area contributed by atoms with Gasteiger partial charge in [-0.1, -0.05) is 6.07 Å². The molecule has 0 saturated heterocycles. The van der Waals surface area contributed by atoms with Crippen LogP contribution in [0.5, 0.6) is 11.5 Å². The summed E-state index contributed by atoms with van der Waals surface area (Å²) in [7, 11) is 0. The molecular formula is C19H19NO5. The largest absolute Gasteiger partial charge is 0.482 e. The van der Waals surface area contributed by atoms with Gasteiger partial charge in [-0.3, -0.25) is 9.78 Å². The van der Waals surface area contributed by atoms with E-state index in [0.29, 0.717) is 23.7 Å². The van der Waals surface area contributed by atoms with Crippen LogP contribution < -0.4 is 9.47 Å². The lowest BCUT2D eigenvalue weighted by atomic mass is 9.86. The van der Waals surface area contributed by atoms with Gasteiger partial charge in [0.15, 0.2) is 12.4 Å². The van der Waals surface area contributed by atoms with E-state index in [2.05, 4.69) is 4.98 Å². The minimum absolute atomic E-state index is 0.0470. The lowest BCUT2D eigenvalue weighted by molar-refractivity contribution is -0.145. The average molecular weight is 341 g/mol. The molecule has 0 amide bonds. The number of hydrogen-bond acceptors (Lipinski definition) is 6. The normalized spacial score (nSPS) is 18.9. The zero-order valence-electron chi connectivity index (χ0n) is 14.2. The summed E-state index contributed by atoms with van der Waals surface area (Å²) in [5, 5.41) is 0. The van der Waals surface area contributed by atoms with Crippen molar-refractivity contribution in [2.45, 2.75) is 25.9 Å². The van der Waals surface area contributed by atoms with Crippen molar-refractivity contribution < 1.29 is 23.8 Å². The summed E-state index contributed by atoms with van der Waals surface area (Å²) >= 11 is 0. The summed E-state index contributed by atoms with van der Waals surface area (Å²) in [5.74, 6) is 0.418. The number of carbonyl (C=O) groups is 2. The Morgan fingerprint density at radius 1 is 1.36 bits per heavy atom. The first kappa shape index (κ1) is 17.0. The molecule has 0 spiro atoms. The van der Waals surface area contributed by atoms with Crippen molar-refractivity contribution in [2.75, 3.05) is 13.2 Å². The molecule has 2 heterocycles. The van der Waals surface area contributed by atoms with Crippen molar-refractivity contribution in [3.8, 4) is 11.5 Å². The SMILES string of the molecule is CCOC(=O)COc1ccc2c(c1)C(=O)C[C@](C)(c1cccnc1)O2. The third kappa shape index (κ3) is 3.63. The first-order valence-corrected chi connectivity index (χ1v) is 8.07. The van der Waals surface area contributed by atoms with Crippen molar-refractivity contribution in [1.29, 1.82) is 0 Å². The van der Waals surface area contributed by atoms with E-state index in [1.165, 1.54) is 0 Å². The topological polar surface area (TPSA) is 74.7 Å². The zero-order chi connectivity index (χ0) is 17.9. The highest BCUT2D eigenvalue weighted by Crippen LogP contribution is 2.40. The van der Waals surface area contributed by atoms with E-state index in [4.69, 9.17) is 14.2 Å². The van der Waals surface area contributed by atoms with E-state index < -0.39 is 11.6 Å². The molecule has 25 heavy (non-hydrogen) atoms. The predicted molar refractivity (Wildman–Crippen MR) is 89.7 cm³/mol. The van der Waals surface area contributed by atoms with E-state index in [9.17, 15) is 9.59 Å². The van der Waals surface area contributed by atoms with Gasteiger partial charge in [0.05, 0.1) is 18.6 Å². The van der Waals surface area contributed by atoms with Crippen LogP contribution in [0.25, 0.3) is 0 Å². The molecule has 130 valence electrons. The van der Waals surface area contributed by atoms with Gasteiger partial charge in [-0.15, -0.1) is 0 Å². The van der Waals surface area contributed by atoms with Crippen molar-refractivity contribution in [3.05, 3.63) is 53.9 Å². The molecule has 0 N–H and O–H groups in total. The van der Waals surface area contributed by atoms with Crippen LogP contribution >= 0.6 is 0 Å². The standard InChI is InChI=1S/C19H19NO5/c1-3-23-18(22)12-24-14-6-7-17-15(9-14)16(21)10-19(2,25-17)13-5-4-8-20-11-13/h4-9,11H,3,10,12H2,1-2H3/t19-/m1/s1. The highest BCUT2D eigenvalue weighted by atomic mass is 16.6. The Bertz CT molecular complexity index is 790.